The number of nitrogens with zero attached hydrogens (tertiary/aromatic N) is 6. The van der Waals surface area contributed by atoms with Gasteiger partial charge in [0.1, 0.15) is 11.1 Å². The van der Waals surface area contributed by atoms with Gasteiger partial charge in [-0.3, -0.25) is 19.8 Å². The van der Waals surface area contributed by atoms with E-state index in [1.165, 1.54) is 0 Å². The van der Waals surface area contributed by atoms with E-state index in [-0.39, 0.29) is 5.78 Å². The molecule has 8 heterocycles. The van der Waals surface area contributed by atoms with Crippen molar-refractivity contribution < 1.29 is 4.79 Å². The number of pyridine rings is 2. The van der Waals surface area contributed by atoms with Gasteiger partial charge in [-0.05, 0) is 107 Å². The van der Waals surface area contributed by atoms with E-state index in [4.69, 9.17) is 15.0 Å². The van der Waals surface area contributed by atoms with Crippen LogP contribution in [0.2, 0.25) is 0 Å². The average molecular weight is 605 g/mol. The zero-order valence-electron chi connectivity index (χ0n) is 26.0. The number of nitrogens with one attached hydrogen (secondary N) is 2. The summed E-state index contributed by atoms with van der Waals surface area (Å²) >= 11 is 0. The van der Waals surface area contributed by atoms with Gasteiger partial charge in [-0.15, -0.1) is 0 Å². The van der Waals surface area contributed by atoms with E-state index in [1.54, 1.807) is 18.7 Å². The summed E-state index contributed by atoms with van der Waals surface area (Å²) in [6.45, 7) is 7.81. The van der Waals surface area contributed by atoms with Crippen molar-refractivity contribution >= 4 is 29.4 Å². The normalized spacial score (nSPS) is 24.0. The Bertz CT molecular complexity index is 2260. The Morgan fingerprint density at radius 3 is 2.46 bits per heavy atom. The van der Waals surface area contributed by atoms with Crippen LogP contribution in [0.4, 0.5) is 0 Å². The fourth-order valence-electron chi connectivity index (χ4n) is 6.50. The summed E-state index contributed by atoms with van der Waals surface area (Å²) in [6, 6.07) is 11.9. The zero-order valence-corrected chi connectivity index (χ0v) is 26.0. The number of H-pyrrole nitrogens is 1. The molecule has 226 valence electrons. The SMILES string of the molecule is Cc1ccc(C23C=C4C=CC(=N4)C=c4ccc([nH]4)=CC4=NC(c5cn(-c6ccnc(C)c6)cn5)(C=C4)C=C(N2)C(C)(C)C3=O)cn1. The molecule has 46 heavy (non-hydrogen) atoms. The summed E-state index contributed by atoms with van der Waals surface area (Å²) in [5.74, 6) is -0.00554. The monoisotopic (exact) mass is 604 g/mol. The van der Waals surface area contributed by atoms with Gasteiger partial charge in [0.15, 0.2) is 5.78 Å². The highest BCUT2D eigenvalue weighted by Crippen LogP contribution is 2.47. The lowest BCUT2D eigenvalue weighted by Crippen LogP contribution is -2.42. The summed E-state index contributed by atoms with van der Waals surface area (Å²) in [6.07, 6.45) is 23.3. The van der Waals surface area contributed by atoms with Crippen LogP contribution in [-0.2, 0) is 15.9 Å². The molecule has 2 atom stereocenters. The second-order valence-corrected chi connectivity index (χ2v) is 12.7. The third kappa shape index (κ3) is 4.46. The van der Waals surface area contributed by atoms with Gasteiger partial charge in [-0.25, -0.2) is 9.98 Å². The highest BCUT2D eigenvalue weighted by Gasteiger charge is 2.56. The number of carbonyl (C=O) groups excluding carboxylic acids is 1. The number of rotatable bonds is 3. The van der Waals surface area contributed by atoms with E-state index in [9.17, 15) is 4.79 Å². The minimum Gasteiger partial charge on any atom is -0.369 e. The number of aryl methyl sites for hydroxylation is 2. The van der Waals surface area contributed by atoms with Crippen molar-refractivity contribution in [3.8, 4) is 5.69 Å². The minimum absolute atomic E-state index is 0.00554. The number of allylic oxidation sites excluding steroid dienone is 4. The van der Waals surface area contributed by atoms with Crippen molar-refractivity contribution in [2.75, 3.05) is 0 Å². The van der Waals surface area contributed by atoms with Crippen molar-refractivity contribution in [1.29, 1.82) is 0 Å². The molecule has 4 aliphatic heterocycles. The Labute approximate surface area is 266 Å². The van der Waals surface area contributed by atoms with Crippen LogP contribution in [0.5, 0.6) is 0 Å². The van der Waals surface area contributed by atoms with Gasteiger partial charge in [0.2, 0.25) is 0 Å². The maximum atomic E-state index is 14.7. The molecule has 2 unspecified atom stereocenters. The number of carbonyl (C=O) groups is 1. The number of hydrogen-bond donors (Lipinski definition) is 2. The van der Waals surface area contributed by atoms with E-state index in [0.29, 0.717) is 5.70 Å². The molecule has 2 N–H and O–H groups in total. The highest BCUT2D eigenvalue weighted by molar-refractivity contribution is 6.20. The summed E-state index contributed by atoms with van der Waals surface area (Å²) in [7, 11) is 0. The molecule has 8 rings (SSSR count). The number of imidazole rings is 1. The summed E-state index contributed by atoms with van der Waals surface area (Å²) in [4.78, 5) is 42.1. The van der Waals surface area contributed by atoms with Gasteiger partial charge in [0, 0.05) is 57.6 Å². The summed E-state index contributed by atoms with van der Waals surface area (Å²) in [5.41, 5.74) is 4.12. The third-order valence-corrected chi connectivity index (χ3v) is 9.04. The first kappa shape index (κ1) is 27.8. The number of aromatic nitrogens is 5. The van der Waals surface area contributed by atoms with E-state index >= 15 is 0 Å². The van der Waals surface area contributed by atoms with Crippen molar-refractivity contribution in [3.05, 3.63) is 143 Å². The van der Waals surface area contributed by atoms with Crippen LogP contribution in [0.15, 0.2) is 119 Å². The minimum atomic E-state index is -1.21. The van der Waals surface area contributed by atoms with Crippen LogP contribution in [0.3, 0.4) is 0 Å². The number of aliphatic imine (C=N–C) groups is 2. The van der Waals surface area contributed by atoms with Crippen LogP contribution in [0.25, 0.3) is 17.8 Å². The van der Waals surface area contributed by atoms with Crippen LogP contribution >= 0.6 is 0 Å². The first-order valence-electron chi connectivity index (χ1n) is 15.3. The fourth-order valence-corrected chi connectivity index (χ4v) is 6.50. The van der Waals surface area contributed by atoms with Gasteiger partial charge in [0.25, 0.3) is 0 Å². The van der Waals surface area contributed by atoms with Crippen LogP contribution < -0.4 is 16.0 Å². The number of fused-ring (bicyclic) bond motifs is 6. The van der Waals surface area contributed by atoms with Gasteiger partial charge in [-0.1, -0.05) is 6.07 Å². The first-order chi connectivity index (χ1) is 22.1. The second-order valence-electron chi connectivity index (χ2n) is 12.7. The maximum absolute atomic E-state index is 14.7. The number of ketones is 1. The van der Waals surface area contributed by atoms with Crippen molar-refractivity contribution in [3.63, 3.8) is 0 Å². The standard InChI is InChI=1S/C37H32N8O/c1-23-5-6-25(20-39-23)37-18-30-10-9-27(42-30)16-26-7-8-28(41-26)17-29-11-13-36(43-29,19-32(44-37)35(3,4)34(37)46)33-21-45(22-40-33)31-12-14-38-24(2)15-31/h5-22,41,44H,1-4H3. The molecule has 4 aromatic heterocycles. The van der Waals surface area contributed by atoms with E-state index in [1.807, 2.05) is 123 Å². The van der Waals surface area contributed by atoms with Gasteiger partial charge in [0.05, 0.1) is 34.6 Å². The second kappa shape index (κ2) is 9.90. The molecule has 0 spiro atoms. The van der Waals surface area contributed by atoms with Crippen LogP contribution in [-0.4, -0.2) is 41.7 Å². The van der Waals surface area contributed by atoms with Crippen LogP contribution in [0.1, 0.15) is 36.5 Å². The molecule has 4 aliphatic rings. The Morgan fingerprint density at radius 1 is 0.848 bits per heavy atom. The molecule has 8 bridgehead atoms. The smallest absolute Gasteiger partial charge is 0.178 e. The van der Waals surface area contributed by atoms with Gasteiger partial charge in [-0.2, -0.15) is 0 Å². The Kier molecular flexibility index (Phi) is 5.99. The van der Waals surface area contributed by atoms with Crippen molar-refractivity contribution in [1.82, 2.24) is 29.8 Å². The first-order valence-corrected chi connectivity index (χ1v) is 15.3. The molecule has 0 amide bonds. The number of hydrogen-bond acceptors (Lipinski definition) is 7. The highest BCUT2D eigenvalue weighted by atomic mass is 16.1. The fraction of sp³-hybridized carbons (Fsp3) is 0.189. The topological polar surface area (TPSA) is 113 Å². The molecule has 1 fully saturated rings. The zero-order chi connectivity index (χ0) is 31.7. The predicted molar refractivity (Wildman–Crippen MR) is 179 cm³/mol. The molecule has 4 aromatic rings. The number of aromatic amines is 1. The average Bonchev–Trinajstić information content (AvgIpc) is 3.86. The molecule has 0 saturated carbocycles. The summed E-state index contributed by atoms with van der Waals surface area (Å²) < 4.78 is 1.97. The Hall–Kier alpha value is -5.70. The molecule has 0 aliphatic carbocycles. The molecular formula is C37H32N8O. The molecule has 1 saturated heterocycles. The van der Waals surface area contributed by atoms with Crippen LogP contribution in [0, 0.1) is 19.3 Å². The largest absolute Gasteiger partial charge is 0.369 e. The van der Waals surface area contributed by atoms with Crippen molar-refractivity contribution in [2.24, 2.45) is 15.4 Å². The van der Waals surface area contributed by atoms with E-state index < -0.39 is 16.5 Å². The number of Topliss-reactive ketones (excluding diaryl/α,β-unsaturated/α-hetero) is 1. The van der Waals surface area contributed by atoms with Gasteiger partial charge < -0.3 is 14.9 Å². The lowest BCUT2D eigenvalue weighted by atomic mass is 9.76. The van der Waals surface area contributed by atoms with Crippen molar-refractivity contribution in [2.45, 2.75) is 38.8 Å². The lowest BCUT2D eigenvalue weighted by molar-refractivity contribution is -0.127. The summed E-state index contributed by atoms with van der Waals surface area (Å²) in [5, 5.41) is 5.52. The Balaban J connectivity index is 1.38. The lowest BCUT2D eigenvalue weighted by Gasteiger charge is -2.26. The molecule has 0 aromatic carbocycles. The Morgan fingerprint density at radius 2 is 1.67 bits per heavy atom. The predicted octanol–water partition coefficient (Wildman–Crippen LogP) is 3.96. The molecule has 0 radical (unpaired) electrons. The molecular weight excluding hydrogens is 572 g/mol. The third-order valence-electron chi connectivity index (χ3n) is 9.04. The van der Waals surface area contributed by atoms with E-state index in [0.717, 1.165) is 56.2 Å². The van der Waals surface area contributed by atoms with Gasteiger partial charge >= 0.3 is 0 Å². The molecule has 9 nitrogen and oxygen atoms in total. The molecule has 9 heteroatoms. The van der Waals surface area contributed by atoms with E-state index in [2.05, 4.69) is 20.3 Å². The quantitative estimate of drug-likeness (QED) is 0.368. The maximum Gasteiger partial charge on any atom is 0.178 e.